The number of carbonyl (C=O) groups excluding carboxylic acids is 1. The number of aliphatic hydroxyl groups excluding tert-OH is 1. The third-order valence-corrected chi connectivity index (χ3v) is 1.99. The predicted octanol–water partition coefficient (Wildman–Crippen LogP) is 2.31. The molecule has 1 aromatic carbocycles. The van der Waals surface area contributed by atoms with Crippen LogP contribution in [0.25, 0.3) is 0 Å². The second kappa shape index (κ2) is 5.12. The first-order chi connectivity index (χ1) is 7.40. The number of hydrogen-bond donors (Lipinski definition) is 1. The highest BCUT2D eigenvalue weighted by molar-refractivity contribution is 5.76. The van der Waals surface area contributed by atoms with Crippen molar-refractivity contribution in [1.29, 1.82) is 0 Å². The maximum absolute atomic E-state index is 11.5. The van der Waals surface area contributed by atoms with Gasteiger partial charge in [-0.15, -0.1) is 0 Å². The van der Waals surface area contributed by atoms with Gasteiger partial charge in [0.2, 0.25) is 0 Å². The average Bonchev–Trinajstić information content (AvgIpc) is 2.25. The van der Waals surface area contributed by atoms with Gasteiger partial charge in [0.1, 0.15) is 0 Å². The van der Waals surface area contributed by atoms with Crippen molar-refractivity contribution in [3.05, 3.63) is 35.9 Å². The molecule has 0 radical (unpaired) electrons. The standard InChI is InChI=1S/C13H18O3/c1-13(2,3)9-16-12(15)11(14)10-7-5-4-6-8-10/h4-8,11,14H,9H2,1-3H3/t11-/m1/s1. The first-order valence-corrected chi connectivity index (χ1v) is 5.30. The SMILES string of the molecule is CC(C)(C)COC(=O)[C@H](O)c1ccccc1. The molecule has 1 atom stereocenters. The molecule has 1 aromatic rings. The van der Waals surface area contributed by atoms with Crippen molar-refractivity contribution in [1.82, 2.24) is 0 Å². The van der Waals surface area contributed by atoms with Crippen LogP contribution in [-0.2, 0) is 9.53 Å². The van der Waals surface area contributed by atoms with E-state index in [9.17, 15) is 9.90 Å². The van der Waals surface area contributed by atoms with E-state index in [0.717, 1.165) is 0 Å². The highest BCUT2D eigenvalue weighted by Gasteiger charge is 2.21. The molecule has 0 amide bonds. The van der Waals surface area contributed by atoms with E-state index in [1.807, 2.05) is 26.8 Å². The second-order valence-corrected chi connectivity index (χ2v) is 4.98. The molecule has 16 heavy (non-hydrogen) atoms. The van der Waals surface area contributed by atoms with Crippen molar-refractivity contribution in [2.24, 2.45) is 5.41 Å². The minimum Gasteiger partial charge on any atom is -0.463 e. The number of carbonyl (C=O) groups is 1. The molecule has 3 nitrogen and oxygen atoms in total. The number of aliphatic hydroxyl groups is 1. The summed E-state index contributed by atoms with van der Waals surface area (Å²) < 4.78 is 5.03. The number of ether oxygens (including phenoxy) is 1. The maximum Gasteiger partial charge on any atom is 0.339 e. The summed E-state index contributed by atoms with van der Waals surface area (Å²) in [5.74, 6) is -0.596. The van der Waals surface area contributed by atoms with E-state index in [4.69, 9.17) is 4.74 Å². The molecule has 0 aliphatic heterocycles. The summed E-state index contributed by atoms with van der Waals surface area (Å²) in [5.41, 5.74) is 0.466. The molecule has 3 heteroatoms. The van der Waals surface area contributed by atoms with Crippen LogP contribution in [0, 0.1) is 5.41 Å². The molecule has 0 aliphatic rings. The zero-order chi connectivity index (χ0) is 12.2. The van der Waals surface area contributed by atoms with E-state index in [1.165, 1.54) is 0 Å². The van der Waals surface area contributed by atoms with E-state index < -0.39 is 12.1 Å². The van der Waals surface area contributed by atoms with Gasteiger partial charge in [0.15, 0.2) is 6.10 Å². The zero-order valence-electron chi connectivity index (χ0n) is 9.93. The normalized spacial score (nSPS) is 13.2. The number of hydrogen-bond acceptors (Lipinski definition) is 3. The van der Waals surface area contributed by atoms with Gasteiger partial charge >= 0.3 is 5.97 Å². The van der Waals surface area contributed by atoms with E-state index in [2.05, 4.69) is 0 Å². The molecule has 0 fully saturated rings. The monoisotopic (exact) mass is 222 g/mol. The molecule has 88 valence electrons. The van der Waals surface area contributed by atoms with Crippen molar-refractivity contribution in [2.45, 2.75) is 26.9 Å². The smallest absolute Gasteiger partial charge is 0.339 e. The zero-order valence-corrected chi connectivity index (χ0v) is 9.93. The van der Waals surface area contributed by atoms with Gasteiger partial charge in [-0.1, -0.05) is 51.1 Å². The van der Waals surface area contributed by atoms with Crippen molar-refractivity contribution >= 4 is 5.97 Å². The fourth-order valence-electron chi connectivity index (χ4n) is 1.14. The number of rotatable bonds is 3. The van der Waals surface area contributed by atoms with Gasteiger partial charge in [-0.25, -0.2) is 4.79 Å². The van der Waals surface area contributed by atoms with Gasteiger partial charge in [-0.2, -0.15) is 0 Å². The minimum atomic E-state index is -1.19. The summed E-state index contributed by atoms with van der Waals surface area (Å²) in [7, 11) is 0. The molecule has 0 unspecified atom stereocenters. The van der Waals surface area contributed by atoms with Crippen LogP contribution < -0.4 is 0 Å². The lowest BCUT2D eigenvalue weighted by Gasteiger charge is -2.19. The molecule has 0 aromatic heterocycles. The highest BCUT2D eigenvalue weighted by Crippen LogP contribution is 2.17. The Kier molecular flexibility index (Phi) is 4.07. The molecule has 1 rings (SSSR count). The topological polar surface area (TPSA) is 46.5 Å². The van der Waals surface area contributed by atoms with Crippen LogP contribution in [0.2, 0.25) is 0 Å². The lowest BCUT2D eigenvalue weighted by Crippen LogP contribution is -2.22. The summed E-state index contributed by atoms with van der Waals surface area (Å²) in [5, 5.41) is 9.71. The van der Waals surface area contributed by atoms with E-state index >= 15 is 0 Å². The molecule has 1 N–H and O–H groups in total. The lowest BCUT2D eigenvalue weighted by molar-refractivity contribution is -0.156. The third kappa shape index (κ3) is 4.03. The van der Waals surface area contributed by atoms with Gasteiger partial charge in [0.05, 0.1) is 6.61 Å². The molecule has 0 heterocycles. The van der Waals surface area contributed by atoms with Gasteiger partial charge in [-0.3, -0.25) is 0 Å². The van der Waals surface area contributed by atoms with Gasteiger partial charge in [0, 0.05) is 0 Å². The van der Waals surface area contributed by atoms with E-state index in [0.29, 0.717) is 12.2 Å². The summed E-state index contributed by atoms with van der Waals surface area (Å²) in [4.78, 5) is 11.5. The van der Waals surface area contributed by atoms with Gasteiger partial charge in [0.25, 0.3) is 0 Å². The predicted molar refractivity (Wildman–Crippen MR) is 61.8 cm³/mol. The Morgan fingerprint density at radius 3 is 2.38 bits per heavy atom. The first kappa shape index (κ1) is 12.7. The molecule has 0 bridgehead atoms. The Labute approximate surface area is 96.1 Å². The molecule has 0 aliphatic carbocycles. The van der Waals surface area contributed by atoms with E-state index in [-0.39, 0.29) is 5.41 Å². The Balaban J connectivity index is 2.55. The quantitative estimate of drug-likeness (QED) is 0.798. The van der Waals surface area contributed by atoms with Crippen LogP contribution in [0.3, 0.4) is 0 Å². The van der Waals surface area contributed by atoms with Gasteiger partial charge < -0.3 is 9.84 Å². The van der Waals surface area contributed by atoms with Crippen LogP contribution in [0.1, 0.15) is 32.4 Å². The Bertz CT molecular complexity index is 338. The average molecular weight is 222 g/mol. The fraction of sp³-hybridized carbons (Fsp3) is 0.462. The van der Waals surface area contributed by atoms with Crippen LogP contribution >= 0.6 is 0 Å². The third-order valence-electron chi connectivity index (χ3n) is 1.99. The Morgan fingerprint density at radius 1 is 1.31 bits per heavy atom. The molecule has 0 saturated carbocycles. The number of esters is 1. The summed E-state index contributed by atoms with van der Waals surface area (Å²) in [6, 6.07) is 8.77. The van der Waals surface area contributed by atoms with Gasteiger partial charge in [-0.05, 0) is 11.0 Å². The van der Waals surface area contributed by atoms with Crippen molar-refractivity contribution in [3.8, 4) is 0 Å². The van der Waals surface area contributed by atoms with Crippen LogP contribution in [-0.4, -0.2) is 17.7 Å². The van der Waals surface area contributed by atoms with Crippen molar-refractivity contribution in [2.75, 3.05) is 6.61 Å². The largest absolute Gasteiger partial charge is 0.463 e. The number of benzene rings is 1. The second-order valence-electron chi connectivity index (χ2n) is 4.98. The summed E-state index contributed by atoms with van der Waals surface area (Å²) in [6.07, 6.45) is -1.19. The lowest BCUT2D eigenvalue weighted by atomic mass is 9.99. The van der Waals surface area contributed by atoms with Crippen molar-refractivity contribution < 1.29 is 14.6 Å². The Hall–Kier alpha value is -1.35. The highest BCUT2D eigenvalue weighted by atomic mass is 16.5. The van der Waals surface area contributed by atoms with E-state index in [1.54, 1.807) is 24.3 Å². The molecular weight excluding hydrogens is 204 g/mol. The molecule has 0 saturated heterocycles. The van der Waals surface area contributed by atoms with Crippen LogP contribution in [0.4, 0.5) is 0 Å². The maximum atomic E-state index is 11.5. The van der Waals surface area contributed by atoms with Crippen molar-refractivity contribution in [3.63, 3.8) is 0 Å². The summed E-state index contributed by atoms with van der Waals surface area (Å²) >= 11 is 0. The fourth-order valence-corrected chi connectivity index (χ4v) is 1.14. The summed E-state index contributed by atoms with van der Waals surface area (Å²) in [6.45, 7) is 6.20. The molecular formula is C13H18O3. The first-order valence-electron chi connectivity index (χ1n) is 5.30. The van der Waals surface area contributed by atoms with Crippen LogP contribution in [0.5, 0.6) is 0 Å². The van der Waals surface area contributed by atoms with Crippen LogP contribution in [0.15, 0.2) is 30.3 Å². The minimum absolute atomic E-state index is 0.0912. The Morgan fingerprint density at radius 2 is 1.88 bits per heavy atom. The molecule has 0 spiro atoms.